The molecule has 0 bridgehead atoms. The van der Waals surface area contributed by atoms with Gasteiger partial charge in [0.25, 0.3) is 0 Å². The second-order valence-corrected chi connectivity index (χ2v) is 6.32. The molecule has 1 aliphatic rings. The first-order chi connectivity index (χ1) is 10.6. The molecule has 1 unspecified atom stereocenters. The van der Waals surface area contributed by atoms with Crippen molar-refractivity contribution < 1.29 is 9.53 Å². The molecule has 1 aliphatic heterocycles. The zero-order chi connectivity index (χ0) is 15.8. The third kappa shape index (κ3) is 5.68. The summed E-state index contributed by atoms with van der Waals surface area (Å²) in [5, 5.41) is 6.31. The van der Waals surface area contributed by atoms with Crippen molar-refractivity contribution >= 4 is 5.91 Å². The van der Waals surface area contributed by atoms with Gasteiger partial charge in [0.1, 0.15) is 5.75 Å². The Morgan fingerprint density at radius 1 is 1.36 bits per heavy atom. The van der Waals surface area contributed by atoms with Crippen LogP contribution in [0, 0.1) is 5.92 Å². The van der Waals surface area contributed by atoms with Crippen molar-refractivity contribution in [3.05, 3.63) is 29.8 Å². The van der Waals surface area contributed by atoms with Gasteiger partial charge in [-0.2, -0.15) is 0 Å². The fraction of sp³-hybridized carbons (Fsp3) is 0.611. The Bertz CT molecular complexity index is 451. The summed E-state index contributed by atoms with van der Waals surface area (Å²) in [6.07, 6.45) is 2.70. The lowest BCUT2D eigenvalue weighted by molar-refractivity contribution is -0.121. The van der Waals surface area contributed by atoms with Gasteiger partial charge in [0.2, 0.25) is 5.91 Å². The van der Waals surface area contributed by atoms with E-state index in [0.29, 0.717) is 18.9 Å². The molecule has 1 aromatic carbocycles. The number of ether oxygens (including phenoxy) is 1. The summed E-state index contributed by atoms with van der Waals surface area (Å²) in [6.45, 7) is 7.74. The maximum atomic E-state index is 11.7. The van der Waals surface area contributed by atoms with E-state index in [2.05, 4.69) is 36.6 Å². The molecule has 2 rings (SSSR count). The number of carbonyl (C=O) groups excluding carboxylic acids is 1. The van der Waals surface area contributed by atoms with E-state index in [9.17, 15) is 4.79 Å². The van der Waals surface area contributed by atoms with Crippen LogP contribution in [-0.2, 0) is 4.79 Å². The summed E-state index contributed by atoms with van der Waals surface area (Å²) >= 11 is 0. The average molecular weight is 304 g/mol. The van der Waals surface area contributed by atoms with Crippen LogP contribution in [0.3, 0.4) is 0 Å². The summed E-state index contributed by atoms with van der Waals surface area (Å²) < 4.78 is 5.62. The van der Waals surface area contributed by atoms with Crippen LogP contribution in [0.25, 0.3) is 0 Å². The normalized spacial score (nSPS) is 17.7. The molecule has 4 nitrogen and oxygen atoms in total. The smallest absolute Gasteiger partial charge is 0.223 e. The first kappa shape index (κ1) is 16.8. The van der Waals surface area contributed by atoms with E-state index in [4.69, 9.17) is 4.74 Å². The van der Waals surface area contributed by atoms with Crippen LogP contribution in [0.5, 0.6) is 5.75 Å². The van der Waals surface area contributed by atoms with Crippen LogP contribution >= 0.6 is 0 Å². The topological polar surface area (TPSA) is 50.4 Å². The van der Waals surface area contributed by atoms with E-state index in [1.165, 1.54) is 12.0 Å². The summed E-state index contributed by atoms with van der Waals surface area (Å²) in [4.78, 5) is 11.7. The molecule has 0 aromatic heterocycles. The number of hydrogen-bond donors (Lipinski definition) is 2. The minimum Gasteiger partial charge on any atom is -0.493 e. The highest BCUT2D eigenvalue weighted by Crippen LogP contribution is 2.18. The third-order valence-electron chi connectivity index (χ3n) is 4.18. The van der Waals surface area contributed by atoms with Crippen LogP contribution < -0.4 is 15.4 Å². The maximum Gasteiger partial charge on any atom is 0.223 e. The highest BCUT2D eigenvalue weighted by molar-refractivity contribution is 5.75. The molecule has 0 radical (unpaired) electrons. The molecule has 122 valence electrons. The molecule has 4 heteroatoms. The molecule has 1 fully saturated rings. The molecule has 22 heavy (non-hydrogen) atoms. The second kappa shape index (κ2) is 8.79. The number of hydrogen-bond acceptors (Lipinski definition) is 3. The molecule has 1 amide bonds. The van der Waals surface area contributed by atoms with Crippen molar-refractivity contribution in [1.29, 1.82) is 0 Å². The minimum atomic E-state index is 0.0738. The Labute approximate surface area is 133 Å². The van der Waals surface area contributed by atoms with Crippen molar-refractivity contribution in [3.63, 3.8) is 0 Å². The second-order valence-electron chi connectivity index (χ2n) is 6.32. The number of benzene rings is 1. The van der Waals surface area contributed by atoms with Gasteiger partial charge in [-0.1, -0.05) is 26.0 Å². The Morgan fingerprint density at radius 3 is 2.77 bits per heavy atom. The van der Waals surface area contributed by atoms with Gasteiger partial charge in [0.15, 0.2) is 0 Å². The first-order valence-electron chi connectivity index (χ1n) is 8.35. The summed E-state index contributed by atoms with van der Waals surface area (Å²) in [5.74, 6) is 2.14. The van der Waals surface area contributed by atoms with Gasteiger partial charge >= 0.3 is 0 Å². The Hall–Kier alpha value is -1.55. The molecule has 1 heterocycles. The molecule has 1 aromatic rings. The first-order valence-corrected chi connectivity index (χ1v) is 8.35. The number of amides is 1. The molecular formula is C18H28N2O2. The monoisotopic (exact) mass is 304 g/mol. The molecule has 1 saturated heterocycles. The number of nitrogens with one attached hydrogen (secondary N) is 2. The van der Waals surface area contributed by atoms with E-state index in [1.807, 2.05) is 12.1 Å². The summed E-state index contributed by atoms with van der Waals surface area (Å²) in [7, 11) is 0. The SMILES string of the molecule is CC(C)c1ccc(OCCC(=O)NCCC2CCNC2)cc1. The van der Waals surface area contributed by atoms with Crippen molar-refractivity contribution in [2.75, 3.05) is 26.2 Å². The predicted octanol–water partition coefficient (Wildman–Crippen LogP) is 2.69. The van der Waals surface area contributed by atoms with Crippen LogP contribution in [0.1, 0.15) is 44.6 Å². The molecule has 0 spiro atoms. The Balaban J connectivity index is 1.58. The van der Waals surface area contributed by atoms with Gasteiger partial charge in [0, 0.05) is 6.54 Å². The van der Waals surface area contributed by atoms with Crippen LogP contribution in [0.15, 0.2) is 24.3 Å². The van der Waals surface area contributed by atoms with Crippen molar-refractivity contribution in [2.45, 2.75) is 39.0 Å². The van der Waals surface area contributed by atoms with Crippen molar-refractivity contribution in [1.82, 2.24) is 10.6 Å². The van der Waals surface area contributed by atoms with E-state index in [-0.39, 0.29) is 5.91 Å². The molecule has 0 saturated carbocycles. The quantitative estimate of drug-likeness (QED) is 0.776. The molecule has 0 aliphatic carbocycles. The third-order valence-corrected chi connectivity index (χ3v) is 4.18. The fourth-order valence-corrected chi connectivity index (χ4v) is 2.68. The van der Waals surface area contributed by atoms with Crippen molar-refractivity contribution in [3.8, 4) is 5.75 Å². The zero-order valence-corrected chi connectivity index (χ0v) is 13.7. The van der Waals surface area contributed by atoms with Gasteiger partial charge in [-0.25, -0.2) is 0 Å². The fourth-order valence-electron chi connectivity index (χ4n) is 2.68. The number of carbonyl (C=O) groups is 1. The number of rotatable bonds is 8. The van der Waals surface area contributed by atoms with Gasteiger partial charge in [-0.15, -0.1) is 0 Å². The zero-order valence-electron chi connectivity index (χ0n) is 13.7. The van der Waals surface area contributed by atoms with E-state index in [1.54, 1.807) is 0 Å². The molecular weight excluding hydrogens is 276 g/mol. The van der Waals surface area contributed by atoms with Gasteiger partial charge in [0.05, 0.1) is 13.0 Å². The Morgan fingerprint density at radius 2 is 2.14 bits per heavy atom. The predicted molar refractivity (Wildman–Crippen MR) is 89.2 cm³/mol. The van der Waals surface area contributed by atoms with E-state index in [0.717, 1.165) is 37.7 Å². The standard InChI is InChI=1S/C18H28N2O2/c1-14(2)16-3-5-17(6-4-16)22-12-9-18(21)20-11-8-15-7-10-19-13-15/h3-6,14-15,19H,7-13H2,1-2H3,(H,20,21). The minimum absolute atomic E-state index is 0.0738. The van der Waals surface area contributed by atoms with Gasteiger partial charge in [-0.3, -0.25) is 4.79 Å². The largest absolute Gasteiger partial charge is 0.493 e. The van der Waals surface area contributed by atoms with Crippen LogP contribution in [-0.4, -0.2) is 32.1 Å². The van der Waals surface area contributed by atoms with Crippen LogP contribution in [0.2, 0.25) is 0 Å². The lowest BCUT2D eigenvalue weighted by Gasteiger charge is -2.10. The summed E-state index contributed by atoms with van der Waals surface area (Å²) in [5.41, 5.74) is 1.30. The van der Waals surface area contributed by atoms with E-state index < -0.39 is 0 Å². The molecule has 1 atom stereocenters. The highest BCUT2D eigenvalue weighted by atomic mass is 16.5. The Kier molecular flexibility index (Phi) is 6.72. The van der Waals surface area contributed by atoms with Crippen LogP contribution in [0.4, 0.5) is 0 Å². The average Bonchev–Trinajstić information content (AvgIpc) is 3.01. The lowest BCUT2D eigenvalue weighted by atomic mass is 10.0. The van der Waals surface area contributed by atoms with Gasteiger partial charge in [-0.05, 0) is 55.5 Å². The molecule has 2 N–H and O–H groups in total. The maximum absolute atomic E-state index is 11.7. The highest BCUT2D eigenvalue weighted by Gasteiger charge is 2.14. The lowest BCUT2D eigenvalue weighted by Crippen LogP contribution is -2.27. The van der Waals surface area contributed by atoms with E-state index >= 15 is 0 Å². The van der Waals surface area contributed by atoms with Crippen molar-refractivity contribution in [2.24, 2.45) is 5.92 Å². The summed E-state index contributed by atoms with van der Waals surface area (Å²) in [6, 6.07) is 8.10. The van der Waals surface area contributed by atoms with Gasteiger partial charge < -0.3 is 15.4 Å².